The number of benzene rings is 2. The van der Waals surface area contributed by atoms with Gasteiger partial charge >= 0.3 is 0 Å². The van der Waals surface area contributed by atoms with Gasteiger partial charge in [-0.3, -0.25) is 4.79 Å². The zero-order valence-corrected chi connectivity index (χ0v) is 22.1. The smallest absolute Gasteiger partial charge is 0.243 e. The third-order valence-corrected chi connectivity index (χ3v) is 5.43. The predicted octanol–water partition coefficient (Wildman–Crippen LogP) is 3.51. The van der Waals surface area contributed by atoms with Crippen LogP contribution in [0.3, 0.4) is 0 Å². The van der Waals surface area contributed by atoms with E-state index in [1.54, 1.807) is 26.1 Å². The van der Waals surface area contributed by atoms with E-state index >= 15 is 0 Å². The van der Waals surface area contributed by atoms with Crippen LogP contribution in [0, 0.1) is 6.92 Å². The van der Waals surface area contributed by atoms with Gasteiger partial charge in [0, 0.05) is 44.3 Å². The quantitative estimate of drug-likeness (QED) is 0.212. The lowest BCUT2D eigenvalue weighted by atomic mass is 10.1. The number of rotatable bonds is 9. The molecule has 2 aromatic carbocycles. The molecule has 0 unspecified atom stereocenters. The van der Waals surface area contributed by atoms with E-state index in [0.717, 1.165) is 18.6 Å². The summed E-state index contributed by atoms with van der Waals surface area (Å²) in [5.41, 5.74) is 4.89. The highest BCUT2D eigenvalue weighted by molar-refractivity contribution is 14.0. The van der Waals surface area contributed by atoms with E-state index in [2.05, 4.69) is 64.1 Å². The molecule has 7 nitrogen and oxygen atoms in total. The molecule has 0 aliphatic heterocycles. The molecule has 0 aliphatic carbocycles. The second-order valence-electron chi connectivity index (χ2n) is 7.97. The molecule has 0 bridgehead atoms. The molecule has 0 saturated carbocycles. The number of ether oxygens (including phenoxy) is 1. The van der Waals surface area contributed by atoms with E-state index in [9.17, 15) is 4.79 Å². The third-order valence-electron chi connectivity index (χ3n) is 5.43. The Morgan fingerprint density at radius 1 is 1.06 bits per heavy atom. The summed E-state index contributed by atoms with van der Waals surface area (Å²) in [7, 11) is 5.14. The van der Waals surface area contributed by atoms with Crippen molar-refractivity contribution >= 4 is 46.7 Å². The van der Waals surface area contributed by atoms with Gasteiger partial charge in [0.15, 0.2) is 5.96 Å². The summed E-state index contributed by atoms with van der Waals surface area (Å²) in [5, 5.41) is 7.97. The molecule has 3 N–H and O–H groups in total. The van der Waals surface area contributed by atoms with Gasteiger partial charge in [0.25, 0.3) is 0 Å². The van der Waals surface area contributed by atoms with Gasteiger partial charge in [-0.1, -0.05) is 30.3 Å². The summed E-state index contributed by atoms with van der Waals surface area (Å²) < 4.78 is 5.21. The molecule has 0 spiro atoms. The summed E-state index contributed by atoms with van der Waals surface area (Å²) in [6, 6.07) is 14.4. The van der Waals surface area contributed by atoms with Crippen molar-refractivity contribution in [2.75, 3.05) is 40.8 Å². The van der Waals surface area contributed by atoms with Crippen molar-refractivity contribution in [3.8, 4) is 5.75 Å². The number of aromatic nitrogens is 1. The Labute approximate surface area is 213 Å². The summed E-state index contributed by atoms with van der Waals surface area (Å²) in [4.78, 5) is 21.4. The number of aliphatic imine (C=N–C) groups is 1. The number of methoxy groups -OCH3 is 1. The van der Waals surface area contributed by atoms with Crippen LogP contribution in [0.1, 0.15) is 16.7 Å². The summed E-state index contributed by atoms with van der Waals surface area (Å²) in [6.45, 7) is 3.64. The fourth-order valence-electron chi connectivity index (χ4n) is 3.47. The first-order chi connectivity index (χ1) is 15.5. The fourth-order valence-corrected chi connectivity index (χ4v) is 3.47. The number of guanidine groups is 1. The molecule has 1 aromatic heterocycles. The molecule has 1 amide bonds. The third kappa shape index (κ3) is 7.66. The average molecular weight is 563 g/mol. The number of nitrogens with zero attached hydrogens (tertiary/aromatic N) is 2. The van der Waals surface area contributed by atoms with Gasteiger partial charge in [-0.05, 0) is 48.6 Å². The van der Waals surface area contributed by atoms with Gasteiger partial charge in [-0.25, -0.2) is 4.99 Å². The number of carbonyl (C=O) groups is 1. The number of halogens is 1. The molecule has 0 saturated heterocycles. The molecular formula is C25H34IN5O2. The molecule has 0 aliphatic rings. The van der Waals surface area contributed by atoms with Crippen molar-refractivity contribution in [3.05, 3.63) is 65.4 Å². The topological polar surface area (TPSA) is 81.8 Å². The van der Waals surface area contributed by atoms with Crippen molar-refractivity contribution in [2.45, 2.75) is 19.8 Å². The first-order valence-electron chi connectivity index (χ1n) is 10.9. The van der Waals surface area contributed by atoms with Gasteiger partial charge in [-0.15, -0.1) is 24.0 Å². The van der Waals surface area contributed by atoms with Crippen LogP contribution in [0.5, 0.6) is 5.75 Å². The molecule has 8 heteroatoms. The molecule has 3 rings (SSSR count). The minimum Gasteiger partial charge on any atom is -0.497 e. The first-order valence-corrected chi connectivity index (χ1v) is 10.9. The van der Waals surface area contributed by atoms with Crippen LogP contribution < -0.4 is 15.4 Å². The van der Waals surface area contributed by atoms with Gasteiger partial charge in [0.1, 0.15) is 12.3 Å². The number of hydrogen-bond acceptors (Lipinski definition) is 3. The largest absolute Gasteiger partial charge is 0.497 e. The number of para-hydroxylation sites is 1. The van der Waals surface area contributed by atoms with E-state index < -0.39 is 0 Å². The SMILES string of the molecule is COc1ccc(CCNC(=NCC(=O)N(C)C)NCCc2c[nH]c3c(C)cccc23)cc1.I. The molecule has 3 aromatic rings. The number of carbonyl (C=O) groups excluding carboxylic acids is 1. The maximum atomic E-state index is 12.0. The molecule has 0 radical (unpaired) electrons. The van der Waals surface area contributed by atoms with Crippen LogP contribution >= 0.6 is 24.0 Å². The van der Waals surface area contributed by atoms with Gasteiger partial charge < -0.3 is 25.3 Å². The number of nitrogens with one attached hydrogen (secondary N) is 3. The van der Waals surface area contributed by atoms with Crippen molar-refractivity contribution in [3.63, 3.8) is 0 Å². The Morgan fingerprint density at radius 3 is 2.42 bits per heavy atom. The summed E-state index contributed by atoms with van der Waals surface area (Å²) in [5.74, 6) is 1.46. The van der Waals surface area contributed by atoms with Crippen molar-refractivity contribution in [2.24, 2.45) is 4.99 Å². The van der Waals surface area contributed by atoms with Crippen LogP contribution in [0.2, 0.25) is 0 Å². The van der Waals surface area contributed by atoms with Gasteiger partial charge in [-0.2, -0.15) is 0 Å². The highest BCUT2D eigenvalue weighted by Crippen LogP contribution is 2.21. The Hall–Kier alpha value is -2.75. The first kappa shape index (κ1) is 26.5. The lowest BCUT2D eigenvalue weighted by molar-refractivity contribution is -0.127. The Morgan fingerprint density at radius 2 is 1.76 bits per heavy atom. The number of amides is 1. The van der Waals surface area contributed by atoms with Crippen LogP contribution in [0.15, 0.2) is 53.7 Å². The fraction of sp³-hybridized carbons (Fsp3) is 0.360. The van der Waals surface area contributed by atoms with E-state index in [-0.39, 0.29) is 36.4 Å². The monoisotopic (exact) mass is 563 g/mol. The van der Waals surface area contributed by atoms with Gasteiger partial charge in [0.2, 0.25) is 5.91 Å². The van der Waals surface area contributed by atoms with Crippen LogP contribution in [-0.2, 0) is 17.6 Å². The summed E-state index contributed by atoms with van der Waals surface area (Å²) >= 11 is 0. The minimum atomic E-state index is -0.0339. The van der Waals surface area contributed by atoms with E-state index in [1.807, 2.05) is 12.1 Å². The number of hydrogen-bond donors (Lipinski definition) is 3. The number of likely N-dealkylation sites (N-methyl/N-ethyl adjacent to an activating group) is 1. The standard InChI is InChI=1S/C25H33N5O2.HI/c1-18-6-5-7-22-20(16-28-24(18)22)13-15-27-25(29-17-23(31)30(2)3)26-14-12-19-8-10-21(32-4)11-9-19;/h5-11,16,28H,12-15,17H2,1-4H3,(H2,26,27,29);1H. The molecule has 33 heavy (non-hydrogen) atoms. The normalized spacial score (nSPS) is 11.1. The average Bonchev–Trinajstić information content (AvgIpc) is 3.21. The highest BCUT2D eigenvalue weighted by atomic mass is 127. The molecule has 178 valence electrons. The van der Waals surface area contributed by atoms with E-state index in [4.69, 9.17) is 4.74 Å². The summed E-state index contributed by atoms with van der Waals surface area (Å²) in [6.07, 6.45) is 3.77. The Balaban J connectivity index is 0.00000385. The lowest BCUT2D eigenvalue weighted by Crippen LogP contribution is -2.40. The van der Waals surface area contributed by atoms with Crippen molar-refractivity contribution in [1.29, 1.82) is 0 Å². The Kier molecular flexibility index (Phi) is 10.5. The number of H-pyrrole nitrogens is 1. The highest BCUT2D eigenvalue weighted by Gasteiger charge is 2.07. The predicted molar refractivity (Wildman–Crippen MR) is 146 cm³/mol. The molecular weight excluding hydrogens is 529 g/mol. The molecule has 0 atom stereocenters. The van der Waals surface area contributed by atoms with Gasteiger partial charge in [0.05, 0.1) is 7.11 Å². The van der Waals surface area contributed by atoms with E-state index in [0.29, 0.717) is 19.0 Å². The number of aromatic amines is 1. The molecule has 1 heterocycles. The minimum absolute atomic E-state index is 0. The second-order valence-corrected chi connectivity index (χ2v) is 7.97. The second kappa shape index (κ2) is 13.1. The zero-order chi connectivity index (χ0) is 22.9. The van der Waals surface area contributed by atoms with Crippen LogP contribution in [-0.4, -0.2) is 62.6 Å². The Bertz CT molecular complexity index is 1060. The van der Waals surface area contributed by atoms with Crippen molar-refractivity contribution in [1.82, 2.24) is 20.5 Å². The van der Waals surface area contributed by atoms with Crippen molar-refractivity contribution < 1.29 is 9.53 Å². The van der Waals surface area contributed by atoms with E-state index in [1.165, 1.54) is 27.6 Å². The van der Waals surface area contributed by atoms with Crippen LogP contribution in [0.25, 0.3) is 10.9 Å². The number of fused-ring (bicyclic) bond motifs is 1. The number of aryl methyl sites for hydroxylation is 1. The maximum Gasteiger partial charge on any atom is 0.243 e. The molecule has 0 fully saturated rings. The van der Waals surface area contributed by atoms with Crippen LogP contribution in [0.4, 0.5) is 0 Å². The zero-order valence-electron chi connectivity index (χ0n) is 19.8. The maximum absolute atomic E-state index is 12.0. The lowest BCUT2D eigenvalue weighted by Gasteiger charge is -2.14.